The third-order valence-corrected chi connectivity index (χ3v) is 6.99. The maximum absolute atomic E-state index is 12.3. The largest absolute Gasteiger partial charge is 0.376 e. The van der Waals surface area contributed by atoms with Crippen molar-refractivity contribution in [3.63, 3.8) is 0 Å². The number of anilines is 1. The average Bonchev–Trinajstić information content (AvgIpc) is 2.63. The highest BCUT2D eigenvalue weighted by atomic mass is 35.5. The Balaban J connectivity index is 1.38. The van der Waals surface area contributed by atoms with Crippen molar-refractivity contribution in [3.05, 3.63) is 29.3 Å². The van der Waals surface area contributed by atoms with Gasteiger partial charge >= 0.3 is 11.8 Å². The first kappa shape index (κ1) is 17.8. The van der Waals surface area contributed by atoms with Crippen LogP contribution < -0.4 is 10.6 Å². The van der Waals surface area contributed by atoms with Crippen LogP contribution in [0, 0.1) is 23.7 Å². The average molecular weight is 377 g/mol. The topological polar surface area (TPSA) is 67.4 Å². The zero-order chi connectivity index (χ0) is 18.3. The molecular weight excluding hydrogens is 352 g/mol. The van der Waals surface area contributed by atoms with Crippen LogP contribution in [-0.2, 0) is 14.3 Å². The van der Waals surface area contributed by atoms with Crippen molar-refractivity contribution in [1.82, 2.24) is 5.32 Å². The first-order chi connectivity index (χ1) is 12.5. The minimum atomic E-state index is -0.664. The molecule has 6 heteroatoms. The molecule has 4 fully saturated rings. The molecule has 4 bridgehead atoms. The molecule has 5 rings (SSSR count). The van der Waals surface area contributed by atoms with Gasteiger partial charge in [-0.3, -0.25) is 9.59 Å². The smallest absolute Gasteiger partial charge is 0.313 e. The van der Waals surface area contributed by atoms with Crippen molar-refractivity contribution >= 4 is 29.1 Å². The van der Waals surface area contributed by atoms with E-state index in [-0.39, 0.29) is 5.60 Å². The van der Waals surface area contributed by atoms with Gasteiger partial charge in [0.15, 0.2) is 0 Å². The molecule has 0 spiro atoms. The second-order valence-corrected chi connectivity index (χ2v) is 8.54. The summed E-state index contributed by atoms with van der Waals surface area (Å²) in [5.41, 5.74) is 0.231. The van der Waals surface area contributed by atoms with Gasteiger partial charge in [-0.1, -0.05) is 11.6 Å². The fourth-order valence-corrected chi connectivity index (χ4v) is 5.82. The van der Waals surface area contributed by atoms with E-state index < -0.39 is 11.8 Å². The molecule has 0 aliphatic heterocycles. The van der Waals surface area contributed by atoms with Crippen LogP contribution in [0.3, 0.4) is 0 Å². The standard InChI is InChI=1S/C20H25ClN2O3/c1-26-20(14-7-12-6-13(9-14)10-15(20)8-12)11-22-18(24)19(25)23-17-4-2-16(21)3-5-17/h2-5,12-15H,6-11H2,1H3,(H,22,24)(H,23,25). The number of nitrogens with one attached hydrogen (secondary N) is 2. The number of carbonyl (C=O) groups is 2. The van der Waals surface area contributed by atoms with Gasteiger partial charge < -0.3 is 15.4 Å². The number of hydrogen-bond donors (Lipinski definition) is 2. The molecule has 0 unspecified atom stereocenters. The fraction of sp³-hybridized carbons (Fsp3) is 0.600. The van der Waals surface area contributed by atoms with E-state index in [9.17, 15) is 9.59 Å². The molecule has 2 N–H and O–H groups in total. The Kier molecular flexibility index (Phi) is 4.70. The monoisotopic (exact) mass is 376 g/mol. The summed E-state index contributed by atoms with van der Waals surface area (Å²) in [4.78, 5) is 24.5. The molecule has 0 aromatic heterocycles. The zero-order valence-electron chi connectivity index (χ0n) is 15.0. The first-order valence-electron chi connectivity index (χ1n) is 9.40. The SMILES string of the molecule is COC1(CNC(=O)C(=O)Nc2ccc(Cl)cc2)C2CC3CC(C2)CC1C3. The van der Waals surface area contributed by atoms with Crippen LogP contribution in [0.5, 0.6) is 0 Å². The summed E-state index contributed by atoms with van der Waals surface area (Å²) in [5, 5.41) is 6.01. The lowest BCUT2D eigenvalue weighted by atomic mass is 9.49. The van der Waals surface area contributed by atoms with E-state index in [0.717, 1.165) is 11.8 Å². The van der Waals surface area contributed by atoms with E-state index in [1.807, 2.05) is 0 Å². The van der Waals surface area contributed by atoms with Gasteiger partial charge in [-0.25, -0.2) is 0 Å². The molecule has 4 aliphatic carbocycles. The van der Waals surface area contributed by atoms with E-state index >= 15 is 0 Å². The van der Waals surface area contributed by atoms with Crippen molar-refractivity contribution in [3.8, 4) is 0 Å². The van der Waals surface area contributed by atoms with Gasteiger partial charge in [-0.15, -0.1) is 0 Å². The molecule has 1 aromatic rings. The molecule has 0 radical (unpaired) electrons. The quantitative estimate of drug-likeness (QED) is 0.793. The normalized spacial score (nSPS) is 34.5. The second-order valence-electron chi connectivity index (χ2n) is 8.11. The van der Waals surface area contributed by atoms with E-state index in [1.165, 1.54) is 32.1 Å². The van der Waals surface area contributed by atoms with E-state index in [4.69, 9.17) is 16.3 Å². The maximum atomic E-state index is 12.3. The van der Waals surface area contributed by atoms with Crippen LogP contribution in [0.2, 0.25) is 5.02 Å². The summed E-state index contributed by atoms with van der Waals surface area (Å²) in [7, 11) is 1.75. The van der Waals surface area contributed by atoms with E-state index in [0.29, 0.717) is 29.1 Å². The maximum Gasteiger partial charge on any atom is 0.313 e. The fourth-order valence-electron chi connectivity index (χ4n) is 5.70. The lowest BCUT2D eigenvalue weighted by molar-refractivity contribution is -0.188. The Morgan fingerprint density at radius 2 is 1.62 bits per heavy atom. The number of benzene rings is 1. The molecule has 2 amide bonds. The molecule has 140 valence electrons. The van der Waals surface area contributed by atoms with Gasteiger partial charge in [0.05, 0.1) is 5.60 Å². The highest BCUT2D eigenvalue weighted by molar-refractivity contribution is 6.39. The van der Waals surface area contributed by atoms with Crippen LogP contribution in [0.4, 0.5) is 5.69 Å². The molecule has 4 aliphatic rings. The number of rotatable bonds is 4. The summed E-state index contributed by atoms with van der Waals surface area (Å²) >= 11 is 5.83. The lowest BCUT2D eigenvalue weighted by Gasteiger charge is -2.60. The predicted octanol–water partition coefficient (Wildman–Crippen LogP) is 3.24. The Morgan fingerprint density at radius 1 is 1.04 bits per heavy atom. The molecule has 0 saturated heterocycles. The Morgan fingerprint density at radius 3 is 2.15 bits per heavy atom. The number of amides is 2. The highest BCUT2D eigenvalue weighted by Gasteiger charge is 2.57. The van der Waals surface area contributed by atoms with Gasteiger partial charge in [-0.05, 0) is 80.0 Å². The lowest BCUT2D eigenvalue weighted by Crippen LogP contribution is -2.63. The number of methoxy groups -OCH3 is 1. The number of hydrogen-bond acceptors (Lipinski definition) is 3. The summed E-state index contributed by atoms with van der Waals surface area (Å²) in [6.07, 6.45) is 6.12. The molecule has 4 saturated carbocycles. The summed E-state index contributed by atoms with van der Waals surface area (Å²) in [6, 6.07) is 6.68. The summed E-state index contributed by atoms with van der Waals surface area (Å²) < 4.78 is 6.02. The second kappa shape index (κ2) is 6.86. The Bertz CT molecular complexity index is 676. The highest BCUT2D eigenvalue weighted by Crippen LogP contribution is 2.59. The van der Waals surface area contributed by atoms with Crippen molar-refractivity contribution < 1.29 is 14.3 Å². The number of halogens is 1. The molecule has 0 heterocycles. The first-order valence-corrected chi connectivity index (χ1v) is 9.78. The molecule has 26 heavy (non-hydrogen) atoms. The van der Waals surface area contributed by atoms with Gasteiger partial charge in [0.1, 0.15) is 0 Å². The molecule has 0 atom stereocenters. The van der Waals surface area contributed by atoms with Crippen molar-refractivity contribution in [2.45, 2.75) is 37.7 Å². The number of ether oxygens (including phenoxy) is 1. The number of carbonyl (C=O) groups excluding carboxylic acids is 2. The molecule has 1 aromatic carbocycles. The Labute approximate surface area is 158 Å². The van der Waals surface area contributed by atoms with Crippen LogP contribution in [0.25, 0.3) is 0 Å². The minimum absolute atomic E-state index is 0.316. The minimum Gasteiger partial charge on any atom is -0.376 e. The third-order valence-electron chi connectivity index (χ3n) is 6.73. The van der Waals surface area contributed by atoms with Gasteiger partial charge in [0.25, 0.3) is 0 Å². The summed E-state index contributed by atoms with van der Waals surface area (Å²) in [6.45, 7) is 0.408. The van der Waals surface area contributed by atoms with Crippen LogP contribution in [0.15, 0.2) is 24.3 Å². The van der Waals surface area contributed by atoms with Gasteiger partial charge in [0.2, 0.25) is 0 Å². The molecule has 5 nitrogen and oxygen atoms in total. The molecular formula is C20H25ClN2O3. The van der Waals surface area contributed by atoms with E-state index in [2.05, 4.69) is 10.6 Å². The summed E-state index contributed by atoms with van der Waals surface area (Å²) in [5.74, 6) is 1.34. The van der Waals surface area contributed by atoms with Crippen molar-refractivity contribution in [2.24, 2.45) is 23.7 Å². The van der Waals surface area contributed by atoms with E-state index in [1.54, 1.807) is 31.4 Å². The van der Waals surface area contributed by atoms with Gasteiger partial charge in [0, 0.05) is 24.4 Å². The Hall–Kier alpha value is -1.59. The zero-order valence-corrected chi connectivity index (χ0v) is 15.7. The van der Waals surface area contributed by atoms with Crippen molar-refractivity contribution in [1.29, 1.82) is 0 Å². The third kappa shape index (κ3) is 3.12. The van der Waals surface area contributed by atoms with Crippen molar-refractivity contribution in [2.75, 3.05) is 19.0 Å². The predicted molar refractivity (Wildman–Crippen MR) is 99.9 cm³/mol. The van der Waals surface area contributed by atoms with Crippen LogP contribution in [-0.4, -0.2) is 31.1 Å². The van der Waals surface area contributed by atoms with Crippen LogP contribution in [0.1, 0.15) is 32.1 Å². The van der Waals surface area contributed by atoms with Gasteiger partial charge in [-0.2, -0.15) is 0 Å². The van der Waals surface area contributed by atoms with Crippen LogP contribution >= 0.6 is 11.6 Å².